The van der Waals surface area contributed by atoms with Crippen LogP contribution in [0, 0.1) is 0 Å². The topological polar surface area (TPSA) is 104 Å². The third-order valence-corrected chi connectivity index (χ3v) is 8.85. The Morgan fingerprint density at radius 3 is 2.39 bits per heavy atom. The van der Waals surface area contributed by atoms with Crippen LogP contribution in [0.3, 0.4) is 0 Å². The number of sulfonamides is 1. The molecule has 1 N–H and O–H groups in total. The lowest BCUT2D eigenvalue weighted by Crippen LogP contribution is -2.37. The molecule has 8 nitrogen and oxygen atoms in total. The molecule has 2 aliphatic heterocycles. The number of anilines is 2. The first-order chi connectivity index (χ1) is 15.9. The maximum Gasteiger partial charge on any atom is 0.273 e. The highest BCUT2D eigenvalue weighted by atomic mass is 32.2. The highest BCUT2D eigenvalue weighted by Gasteiger charge is 2.36. The van der Waals surface area contributed by atoms with Crippen molar-refractivity contribution in [2.75, 3.05) is 22.7 Å². The number of thiophene rings is 1. The molecule has 0 bridgehead atoms. The number of rotatable bonds is 5. The number of carbonyl (C=O) groups excluding carboxylic acids is 3. The summed E-state index contributed by atoms with van der Waals surface area (Å²) in [5.41, 5.74) is 2.34. The van der Waals surface area contributed by atoms with Gasteiger partial charge in [-0.15, -0.1) is 11.3 Å². The van der Waals surface area contributed by atoms with Gasteiger partial charge >= 0.3 is 0 Å². The van der Waals surface area contributed by atoms with Crippen LogP contribution in [-0.4, -0.2) is 44.1 Å². The molecule has 3 aromatic rings. The molecule has 0 unspecified atom stereocenters. The number of imide groups is 1. The molecular weight excluding hydrogens is 462 g/mol. The summed E-state index contributed by atoms with van der Waals surface area (Å²) in [5, 5.41) is 4.41. The van der Waals surface area contributed by atoms with Crippen molar-refractivity contribution in [1.82, 2.24) is 4.90 Å². The number of fused-ring (bicyclic) bond motifs is 2. The van der Waals surface area contributed by atoms with Crippen LogP contribution in [0.1, 0.15) is 32.7 Å². The normalized spacial score (nSPS) is 15.4. The molecule has 0 saturated heterocycles. The number of hydrogen-bond acceptors (Lipinski definition) is 6. The monoisotopic (exact) mass is 481 g/mol. The average Bonchev–Trinajstić information content (AvgIpc) is 3.44. The highest BCUT2D eigenvalue weighted by molar-refractivity contribution is 7.94. The Morgan fingerprint density at radius 2 is 1.73 bits per heavy atom. The molecule has 1 aromatic heterocycles. The molecule has 0 atom stereocenters. The smallest absolute Gasteiger partial charge is 0.273 e. The van der Waals surface area contributed by atoms with E-state index in [-0.39, 0.29) is 15.3 Å². The van der Waals surface area contributed by atoms with Crippen molar-refractivity contribution in [3.8, 4) is 0 Å². The number of aryl methyl sites for hydroxylation is 1. The fourth-order valence-corrected chi connectivity index (χ4v) is 6.75. The largest absolute Gasteiger partial charge is 0.324 e. The Hall–Kier alpha value is -3.50. The van der Waals surface area contributed by atoms with E-state index in [9.17, 15) is 22.8 Å². The molecule has 0 radical (unpaired) electrons. The zero-order valence-corrected chi connectivity index (χ0v) is 19.0. The van der Waals surface area contributed by atoms with Gasteiger partial charge in [0.1, 0.15) is 10.8 Å². The van der Waals surface area contributed by atoms with Crippen LogP contribution in [0.5, 0.6) is 0 Å². The number of hydrogen-bond donors (Lipinski definition) is 1. The van der Waals surface area contributed by atoms with Gasteiger partial charge in [-0.25, -0.2) is 8.42 Å². The highest BCUT2D eigenvalue weighted by Crippen LogP contribution is 2.35. The van der Waals surface area contributed by atoms with Crippen molar-refractivity contribution < 1.29 is 22.8 Å². The summed E-state index contributed by atoms with van der Waals surface area (Å²) in [6.45, 7) is -0.0830. The van der Waals surface area contributed by atoms with Crippen LogP contribution in [0.15, 0.2) is 64.2 Å². The lowest BCUT2D eigenvalue weighted by atomic mass is 10.0. The number of nitrogens with zero attached hydrogens (tertiary/aromatic N) is 2. The summed E-state index contributed by atoms with van der Waals surface area (Å²) < 4.78 is 27.9. The quantitative estimate of drug-likeness (QED) is 0.564. The number of carbonyl (C=O) groups is 3. The lowest BCUT2D eigenvalue weighted by Gasteiger charge is -2.30. The first-order valence-corrected chi connectivity index (χ1v) is 12.6. The molecule has 0 saturated carbocycles. The third kappa shape index (κ3) is 3.70. The van der Waals surface area contributed by atoms with Gasteiger partial charge in [0.2, 0.25) is 5.91 Å². The standard InChI is InChI=1S/C23H19N3O5S2/c27-20(14-25-22(28)17-6-1-2-7-18(17)23(25)29)24-16-10-9-15-5-3-11-26(19(15)13-16)33(30,31)21-8-4-12-32-21/h1-2,4,6-10,12-13H,3,5,11,14H2,(H,24,27). The summed E-state index contributed by atoms with van der Waals surface area (Å²) in [6.07, 6.45) is 1.43. The van der Waals surface area contributed by atoms with Crippen molar-refractivity contribution in [2.24, 2.45) is 0 Å². The molecule has 2 aliphatic rings. The second-order valence-corrected chi connectivity index (χ2v) is 10.8. The first kappa shape index (κ1) is 21.4. The molecule has 5 rings (SSSR count). The molecular formula is C23H19N3O5S2. The molecule has 0 spiro atoms. The van der Waals surface area contributed by atoms with Gasteiger partial charge in [0.05, 0.1) is 16.8 Å². The van der Waals surface area contributed by atoms with Crippen LogP contribution in [-0.2, 0) is 21.2 Å². The van der Waals surface area contributed by atoms with Crippen LogP contribution < -0.4 is 9.62 Å². The Morgan fingerprint density at radius 1 is 1.00 bits per heavy atom. The summed E-state index contributed by atoms with van der Waals surface area (Å²) in [5.74, 6) is -1.57. The van der Waals surface area contributed by atoms with Gasteiger partial charge in [-0.05, 0) is 54.1 Å². The van der Waals surface area contributed by atoms with Crippen molar-refractivity contribution in [2.45, 2.75) is 17.1 Å². The van der Waals surface area contributed by atoms with E-state index in [2.05, 4.69) is 5.32 Å². The second kappa shape index (κ2) is 8.13. The van der Waals surface area contributed by atoms with Crippen molar-refractivity contribution in [3.05, 3.63) is 76.7 Å². The zero-order valence-electron chi connectivity index (χ0n) is 17.4. The van der Waals surface area contributed by atoms with E-state index >= 15 is 0 Å². The van der Waals surface area contributed by atoms with Gasteiger partial charge in [-0.1, -0.05) is 24.3 Å². The molecule has 33 heavy (non-hydrogen) atoms. The number of amides is 3. The third-order valence-electron chi connectivity index (χ3n) is 5.66. The van der Waals surface area contributed by atoms with Crippen molar-refractivity contribution in [3.63, 3.8) is 0 Å². The Kier molecular flexibility index (Phi) is 5.26. The van der Waals surface area contributed by atoms with Gasteiger partial charge in [-0.2, -0.15) is 0 Å². The van der Waals surface area contributed by atoms with E-state index in [1.54, 1.807) is 60.0 Å². The molecule has 0 fully saturated rings. The Bertz CT molecular complexity index is 1350. The van der Waals surface area contributed by atoms with Gasteiger partial charge in [-0.3, -0.25) is 23.6 Å². The van der Waals surface area contributed by atoms with Crippen molar-refractivity contribution in [1.29, 1.82) is 0 Å². The minimum Gasteiger partial charge on any atom is -0.324 e. The number of benzene rings is 2. The molecule has 2 aromatic carbocycles. The zero-order chi connectivity index (χ0) is 23.2. The van der Waals surface area contributed by atoms with E-state index in [0.717, 1.165) is 28.2 Å². The predicted octanol–water partition coefficient (Wildman–Crippen LogP) is 3.12. The van der Waals surface area contributed by atoms with Gasteiger partial charge in [0, 0.05) is 12.2 Å². The maximum absolute atomic E-state index is 13.1. The van der Waals surface area contributed by atoms with Crippen molar-refractivity contribution >= 4 is 50.5 Å². The minimum atomic E-state index is -3.70. The van der Waals surface area contributed by atoms with Gasteiger partial charge in [0.15, 0.2) is 0 Å². The maximum atomic E-state index is 13.1. The Balaban J connectivity index is 1.36. The van der Waals surface area contributed by atoms with Crippen LogP contribution in [0.2, 0.25) is 0 Å². The average molecular weight is 482 g/mol. The molecule has 3 heterocycles. The van der Waals surface area contributed by atoms with Crippen LogP contribution in [0.4, 0.5) is 11.4 Å². The SMILES string of the molecule is O=C(CN1C(=O)c2ccccc2C1=O)Nc1ccc2c(c1)N(S(=O)(=O)c1cccs1)CCC2. The fourth-order valence-electron chi connectivity index (χ4n) is 4.11. The lowest BCUT2D eigenvalue weighted by molar-refractivity contribution is -0.116. The van der Waals surface area contributed by atoms with Crippen LogP contribution >= 0.6 is 11.3 Å². The summed E-state index contributed by atoms with van der Waals surface area (Å²) in [7, 11) is -3.70. The molecule has 10 heteroatoms. The molecule has 3 amide bonds. The van der Waals surface area contributed by atoms with E-state index in [0.29, 0.717) is 24.3 Å². The van der Waals surface area contributed by atoms with Crippen LogP contribution in [0.25, 0.3) is 0 Å². The fraction of sp³-hybridized carbons (Fsp3) is 0.174. The van der Waals surface area contributed by atoms with Gasteiger partial charge in [0.25, 0.3) is 21.8 Å². The van der Waals surface area contributed by atoms with E-state index < -0.39 is 34.3 Å². The summed E-state index contributed by atoms with van der Waals surface area (Å²) in [6, 6.07) is 14.8. The second-order valence-electron chi connectivity index (χ2n) is 7.75. The number of nitrogens with one attached hydrogen (secondary N) is 1. The first-order valence-electron chi connectivity index (χ1n) is 10.3. The molecule has 168 valence electrons. The summed E-state index contributed by atoms with van der Waals surface area (Å²) in [4.78, 5) is 38.6. The predicted molar refractivity (Wildman–Crippen MR) is 124 cm³/mol. The Labute approximate surface area is 194 Å². The van der Waals surface area contributed by atoms with E-state index in [1.807, 2.05) is 0 Å². The van der Waals surface area contributed by atoms with E-state index in [4.69, 9.17) is 0 Å². The van der Waals surface area contributed by atoms with E-state index in [1.165, 1.54) is 4.31 Å². The molecule has 0 aliphatic carbocycles. The minimum absolute atomic E-state index is 0.260. The van der Waals surface area contributed by atoms with Gasteiger partial charge < -0.3 is 5.32 Å². The summed E-state index contributed by atoms with van der Waals surface area (Å²) >= 11 is 1.16.